The van der Waals surface area contributed by atoms with Gasteiger partial charge in [0.25, 0.3) is 5.91 Å². The largest absolute Gasteiger partial charge is 0.493 e. The van der Waals surface area contributed by atoms with Crippen LogP contribution in [0.4, 0.5) is 0 Å². The van der Waals surface area contributed by atoms with E-state index in [0.717, 1.165) is 11.1 Å². The number of carbonyl (C=O) groups excluding carboxylic acids is 2. The first-order valence-corrected chi connectivity index (χ1v) is 10.7. The number of aryl methyl sites for hydroxylation is 1. The minimum absolute atomic E-state index is 0.00457. The van der Waals surface area contributed by atoms with E-state index in [9.17, 15) is 9.59 Å². The maximum absolute atomic E-state index is 13.2. The third kappa shape index (κ3) is 4.82. The number of likely N-dealkylation sites (tertiary alicyclic amines) is 1. The van der Waals surface area contributed by atoms with Gasteiger partial charge in [0.1, 0.15) is 0 Å². The molecule has 1 N–H and O–H groups in total. The molecule has 0 unspecified atom stereocenters. The van der Waals surface area contributed by atoms with Crippen molar-refractivity contribution in [1.82, 2.24) is 10.2 Å². The van der Waals surface area contributed by atoms with Crippen molar-refractivity contribution in [3.8, 4) is 17.2 Å². The summed E-state index contributed by atoms with van der Waals surface area (Å²) < 4.78 is 16.5. The summed E-state index contributed by atoms with van der Waals surface area (Å²) in [5.74, 6) is 0.778. The quantitative estimate of drug-likeness (QED) is 0.714. The van der Waals surface area contributed by atoms with Crippen molar-refractivity contribution in [3.63, 3.8) is 0 Å². The highest BCUT2D eigenvalue weighted by Gasteiger charge is 2.41. The number of ether oxygens (including phenoxy) is 3. The van der Waals surface area contributed by atoms with Gasteiger partial charge in [-0.05, 0) is 50.6 Å². The fraction of sp³-hybridized carbons (Fsp3) is 0.440. The summed E-state index contributed by atoms with van der Waals surface area (Å²) in [5.41, 5.74) is 2.57. The lowest BCUT2D eigenvalue weighted by Gasteiger charge is -2.21. The Morgan fingerprint density at radius 2 is 1.56 bits per heavy atom. The molecule has 0 aliphatic carbocycles. The standard InChI is InChI=1S/C25H32N2O5/c1-15(2)26-24(28)20-14-27(25(29)17-9-7-16(3)8-10-17)13-19(20)18-11-21(30-4)23(32-6)22(12-18)31-5/h7-12,15,19-20H,13-14H2,1-6H3,(H,26,28)/t19-,20-/m1/s1. The molecule has 1 aliphatic rings. The van der Waals surface area contributed by atoms with Crippen molar-refractivity contribution < 1.29 is 23.8 Å². The summed E-state index contributed by atoms with van der Waals surface area (Å²) in [6.07, 6.45) is 0. The van der Waals surface area contributed by atoms with Crippen molar-refractivity contribution in [2.45, 2.75) is 32.7 Å². The molecule has 1 aliphatic heterocycles. The highest BCUT2D eigenvalue weighted by Crippen LogP contribution is 2.43. The summed E-state index contributed by atoms with van der Waals surface area (Å²) in [6.45, 7) is 6.60. The van der Waals surface area contributed by atoms with Crippen molar-refractivity contribution in [1.29, 1.82) is 0 Å². The average Bonchev–Trinajstić information content (AvgIpc) is 3.23. The number of nitrogens with one attached hydrogen (secondary N) is 1. The van der Waals surface area contributed by atoms with Gasteiger partial charge >= 0.3 is 0 Å². The molecule has 2 aromatic carbocycles. The molecule has 0 bridgehead atoms. The van der Waals surface area contributed by atoms with E-state index in [1.165, 1.54) is 0 Å². The van der Waals surface area contributed by atoms with Crippen LogP contribution in [0, 0.1) is 12.8 Å². The van der Waals surface area contributed by atoms with Crippen LogP contribution in [0.25, 0.3) is 0 Å². The summed E-state index contributed by atoms with van der Waals surface area (Å²) in [6, 6.07) is 11.2. The van der Waals surface area contributed by atoms with Crippen LogP contribution in [-0.4, -0.2) is 57.2 Å². The zero-order valence-corrected chi connectivity index (χ0v) is 19.6. The van der Waals surface area contributed by atoms with Crippen LogP contribution in [0.2, 0.25) is 0 Å². The summed E-state index contributed by atoms with van der Waals surface area (Å²) in [7, 11) is 4.67. The molecule has 3 rings (SSSR count). The zero-order chi connectivity index (χ0) is 23.4. The van der Waals surface area contributed by atoms with E-state index in [0.29, 0.717) is 35.9 Å². The number of methoxy groups -OCH3 is 3. The van der Waals surface area contributed by atoms with E-state index in [4.69, 9.17) is 14.2 Å². The predicted octanol–water partition coefficient (Wildman–Crippen LogP) is 3.40. The van der Waals surface area contributed by atoms with Crippen LogP contribution in [0.15, 0.2) is 36.4 Å². The van der Waals surface area contributed by atoms with Crippen molar-refractivity contribution in [3.05, 3.63) is 53.1 Å². The molecule has 2 aromatic rings. The highest BCUT2D eigenvalue weighted by molar-refractivity contribution is 5.95. The van der Waals surface area contributed by atoms with Crippen molar-refractivity contribution in [2.24, 2.45) is 5.92 Å². The summed E-state index contributed by atoms with van der Waals surface area (Å²) >= 11 is 0. The van der Waals surface area contributed by atoms with Gasteiger partial charge in [0.05, 0.1) is 27.2 Å². The molecule has 0 spiro atoms. The lowest BCUT2D eigenvalue weighted by atomic mass is 9.87. The molecule has 2 atom stereocenters. The van der Waals surface area contributed by atoms with Gasteiger partial charge in [0, 0.05) is 30.6 Å². The Bertz CT molecular complexity index is 946. The molecule has 172 valence electrons. The van der Waals surface area contributed by atoms with Gasteiger partial charge in [-0.2, -0.15) is 0 Å². The van der Waals surface area contributed by atoms with Crippen LogP contribution < -0.4 is 19.5 Å². The van der Waals surface area contributed by atoms with Gasteiger partial charge < -0.3 is 24.4 Å². The molecule has 1 saturated heterocycles. The second-order valence-electron chi connectivity index (χ2n) is 8.41. The fourth-order valence-corrected chi connectivity index (χ4v) is 4.16. The van der Waals surface area contributed by atoms with Gasteiger partial charge in [0.2, 0.25) is 11.7 Å². The second-order valence-corrected chi connectivity index (χ2v) is 8.41. The van der Waals surface area contributed by atoms with Gasteiger partial charge in [0.15, 0.2) is 11.5 Å². The van der Waals surface area contributed by atoms with Crippen LogP contribution in [-0.2, 0) is 4.79 Å². The van der Waals surface area contributed by atoms with E-state index in [1.807, 2.05) is 57.2 Å². The Morgan fingerprint density at radius 1 is 0.969 bits per heavy atom. The second kappa shape index (κ2) is 9.94. The van der Waals surface area contributed by atoms with E-state index in [1.54, 1.807) is 26.2 Å². The number of hydrogen-bond acceptors (Lipinski definition) is 5. The van der Waals surface area contributed by atoms with Gasteiger partial charge in [-0.25, -0.2) is 0 Å². The molecule has 1 heterocycles. The van der Waals surface area contributed by atoms with E-state index in [2.05, 4.69) is 5.32 Å². The molecular weight excluding hydrogens is 408 g/mol. The summed E-state index contributed by atoms with van der Waals surface area (Å²) in [4.78, 5) is 28.0. The lowest BCUT2D eigenvalue weighted by molar-refractivity contribution is -0.125. The van der Waals surface area contributed by atoms with Gasteiger partial charge in [-0.3, -0.25) is 9.59 Å². The number of carbonyl (C=O) groups is 2. The number of amides is 2. The minimum atomic E-state index is -0.394. The molecule has 2 amide bonds. The first-order chi connectivity index (χ1) is 15.3. The molecule has 0 radical (unpaired) electrons. The Morgan fingerprint density at radius 3 is 2.06 bits per heavy atom. The molecule has 0 aromatic heterocycles. The van der Waals surface area contributed by atoms with Gasteiger partial charge in [-0.1, -0.05) is 17.7 Å². The monoisotopic (exact) mass is 440 g/mol. The Labute approximate surface area is 189 Å². The van der Waals surface area contributed by atoms with E-state index in [-0.39, 0.29) is 23.8 Å². The van der Waals surface area contributed by atoms with Crippen LogP contribution in [0.5, 0.6) is 17.2 Å². The normalized spacial score (nSPS) is 17.9. The molecule has 7 nitrogen and oxygen atoms in total. The van der Waals surface area contributed by atoms with Crippen LogP contribution in [0.1, 0.15) is 41.3 Å². The van der Waals surface area contributed by atoms with Crippen LogP contribution in [0.3, 0.4) is 0 Å². The lowest BCUT2D eigenvalue weighted by Crippen LogP contribution is -2.39. The average molecular weight is 441 g/mol. The smallest absolute Gasteiger partial charge is 0.253 e. The third-order valence-electron chi connectivity index (χ3n) is 5.79. The Balaban J connectivity index is 1.98. The third-order valence-corrected chi connectivity index (χ3v) is 5.79. The number of rotatable bonds is 7. The van der Waals surface area contributed by atoms with E-state index >= 15 is 0 Å². The topological polar surface area (TPSA) is 77.1 Å². The number of benzene rings is 2. The minimum Gasteiger partial charge on any atom is -0.493 e. The molecule has 0 saturated carbocycles. The zero-order valence-electron chi connectivity index (χ0n) is 19.6. The highest BCUT2D eigenvalue weighted by atomic mass is 16.5. The SMILES string of the molecule is COc1cc([C@H]2CN(C(=O)c3ccc(C)cc3)C[C@H]2C(=O)NC(C)C)cc(OC)c1OC. The Hall–Kier alpha value is -3.22. The number of nitrogens with zero attached hydrogens (tertiary/aromatic N) is 1. The fourth-order valence-electron chi connectivity index (χ4n) is 4.16. The van der Waals surface area contributed by atoms with Crippen molar-refractivity contribution in [2.75, 3.05) is 34.4 Å². The van der Waals surface area contributed by atoms with Crippen LogP contribution >= 0.6 is 0 Å². The van der Waals surface area contributed by atoms with Crippen molar-refractivity contribution >= 4 is 11.8 Å². The first-order valence-electron chi connectivity index (χ1n) is 10.7. The molecule has 1 fully saturated rings. The van der Waals surface area contributed by atoms with Gasteiger partial charge in [-0.15, -0.1) is 0 Å². The summed E-state index contributed by atoms with van der Waals surface area (Å²) in [5, 5.41) is 3.01. The molecular formula is C25H32N2O5. The predicted molar refractivity (Wildman–Crippen MR) is 123 cm³/mol. The molecule has 32 heavy (non-hydrogen) atoms. The molecule has 7 heteroatoms. The maximum atomic E-state index is 13.2. The van der Waals surface area contributed by atoms with E-state index < -0.39 is 5.92 Å². The first kappa shape index (κ1) is 23.4. The Kier molecular flexibility index (Phi) is 7.28. The number of hydrogen-bond donors (Lipinski definition) is 1. The maximum Gasteiger partial charge on any atom is 0.253 e.